The van der Waals surface area contributed by atoms with E-state index in [-0.39, 0.29) is 0 Å². The lowest BCUT2D eigenvalue weighted by Gasteiger charge is -2.15. The molecule has 2 aromatic rings. The molecule has 0 saturated heterocycles. The first-order valence-electron chi connectivity index (χ1n) is 6.67. The van der Waals surface area contributed by atoms with Crippen LogP contribution in [0.15, 0.2) is 27.3 Å². The summed E-state index contributed by atoms with van der Waals surface area (Å²) in [5.74, 6) is 2.06. The molecule has 0 fully saturated rings. The number of hydrogen-bond donors (Lipinski definition) is 1. The molecule has 1 N–H and O–H groups in total. The first-order valence-corrected chi connectivity index (χ1v) is 7.62. The van der Waals surface area contributed by atoms with E-state index < -0.39 is 0 Å². The fourth-order valence-electron chi connectivity index (χ4n) is 2.12. The summed E-state index contributed by atoms with van der Waals surface area (Å²) in [7, 11) is 2.15. The lowest BCUT2D eigenvalue weighted by Crippen LogP contribution is -2.17. The van der Waals surface area contributed by atoms with Crippen LogP contribution in [0.1, 0.15) is 29.6 Å². The Morgan fingerprint density at radius 3 is 2.89 bits per heavy atom. The first-order chi connectivity index (χ1) is 9.19. The third-order valence-electron chi connectivity index (χ3n) is 3.09. The van der Waals surface area contributed by atoms with Crippen molar-refractivity contribution in [2.45, 2.75) is 33.5 Å². The highest BCUT2D eigenvalue weighted by molar-refractivity contribution is 7.07. The zero-order valence-corrected chi connectivity index (χ0v) is 12.7. The van der Waals surface area contributed by atoms with Gasteiger partial charge in [-0.2, -0.15) is 11.3 Å². The van der Waals surface area contributed by atoms with E-state index in [1.807, 2.05) is 6.92 Å². The Morgan fingerprint density at radius 1 is 1.37 bits per heavy atom. The van der Waals surface area contributed by atoms with Crippen molar-refractivity contribution < 1.29 is 4.42 Å². The molecule has 0 aliphatic heterocycles. The van der Waals surface area contributed by atoms with E-state index >= 15 is 0 Å². The van der Waals surface area contributed by atoms with Gasteiger partial charge in [0.05, 0.1) is 6.54 Å². The number of nitrogens with one attached hydrogen (secondary N) is 1. The molecule has 0 atom stereocenters. The van der Waals surface area contributed by atoms with Gasteiger partial charge in [0.25, 0.3) is 0 Å². The Hall–Kier alpha value is -1.10. The smallest absolute Gasteiger partial charge is 0.118 e. The molecule has 0 spiro atoms. The van der Waals surface area contributed by atoms with Crippen LogP contribution in [0.2, 0.25) is 0 Å². The number of nitrogens with zero attached hydrogens (tertiary/aromatic N) is 1. The van der Waals surface area contributed by atoms with Crippen molar-refractivity contribution >= 4 is 11.3 Å². The maximum absolute atomic E-state index is 5.77. The molecule has 2 rings (SSSR count). The molecule has 2 heterocycles. The summed E-state index contributed by atoms with van der Waals surface area (Å²) in [6.45, 7) is 7.83. The van der Waals surface area contributed by atoms with Gasteiger partial charge in [-0.25, -0.2) is 0 Å². The van der Waals surface area contributed by atoms with Crippen molar-refractivity contribution in [3.8, 4) is 0 Å². The maximum Gasteiger partial charge on any atom is 0.118 e. The molecule has 0 bridgehead atoms. The Balaban J connectivity index is 1.92. The third-order valence-corrected chi connectivity index (χ3v) is 3.83. The molecule has 3 nitrogen and oxygen atoms in total. The second-order valence-corrected chi connectivity index (χ2v) is 5.66. The van der Waals surface area contributed by atoms with Crippen LogP contribution in [0.5, 0.6) is 0 Å². The number of aryl methyl sites for hydroxylation is 1. The molecule has 104 valence electrons. The molecule has 0 unspecified atom stereocenters. The predicted octanol–water partition coefficient (Wildman–Crippen LogP) is 3.39. The number of thiophene rings is 1. The summed E-state index contributed by atoms with van der Waals surface area (Å²) in [4.78, 5) is 2.32. The predicted molar refractivity (Wildman–Crippen MR) is 80.3 cm³/mol. The van der Waals surface area contributed by atoms with Gasteiger partial charge in [0.1, 0.15) is 11.5 Å². The molecule has 0 aliphatic rings. The van der Waals surface area contributed by atoms with Crippen LogP contribution in [-0.2, 0) is 19.6 Å². The fraction of sp³-hybridized carbons (Fsp3) is 0.467. The lowest BCUT2D eigenvalue weighted by molar-refractivity contribution is 0.316. The minimum absolute atomic E-state index is 0.811. The van der Waals surface area contributed by atoms with Crippen molar-refractivity contribution in [3.63, 3.8) is 0 Å². The molecular weight excluding hydrogens is 256 g/mol. The Bertz CT molecular complexity index is 490. The van der Waals surface area contributed by atoms with Gasteiger partial charge in [0.15, 0.2) is 0 Å². The van der Waals surface area contributed by atoms with Crippen LogP contribution in [-0.4, -0.2) is 18.5 Å². The van der Waals surface area contributed by atoms with E-state index in [2.05, 4.69) is 47.1 Å². The maximum atomic E-state index is 5.77. The van der Waals surface area contributed by atoms with E-state index in [4.69, 9.17) is 4.42 Å². The van der Waals surface area contributed by atoms with Gasteiger partial charge >= 0.3 is 0 Å². The van der Waals surface area contributed by atoms with Crippen molar-refractivity contribution in [3.05, 3.63) is 45.5 Å². The quantitative estimate of drug-likeness (QED) is 0.841. The van der Waals surface area contributed by atoms with E-state index in [9.17, 15) is 0 Å². The van der Waals surface area contributed by atoms with Gasteiger partial charge < -0.3 is 9.73 Å². The summed E-state index contributed by atoms with van der Waals surface area (Å²) in [6.07, 6.45) is 0. The van der Waals surface area contributed by atoms with Crippen LogP contribution in [0.4, 0.5) is 0 Å². The van der Waals surface area contributed by atoms with E-state index in [0.29, 0.717) is 0 Å². The minimum Gasteiger partial charge on any atom is -0.465 e. The average molecular weight is 278 g/mol. The fourth-order valence-corrected chi connectivity index (χ4v) is 2.78. The lowest BCUT2D eigenvalue weighted by atomic mass is 10.2. The van der Waals surface area contributed by atoms with Gasteiger partial charge in [0, 0.05) is 18.7 Å². The van der Waals surface area contributed by atoms with E-state index in [1.165, 1.54) is 11.1 Å². The topological polar surface area (TPSA) is 28.4 Å². The van der Waals surface area contributed by atoms with E-state index in [0.717, 1.165) is 37.7 Å². The van der Waals surface area contributed by atoms with Crippen LogP contribution in [0.25, 0.3) is 0 Å². The zero-order valence-electron chi connectivity index (χ0n) is 11.9. The third kappa shape index (κ3) is 4.20. The van der Waals surface area contributed by atoms with Crippen molar-refractivity contribution in [2.75, 3.05) is 13.6 Å². The standard InChI is InChI=1S/C15H22N2OS/c1-4-16-8-15-7-14(12(2)18-15)10-17(3)9-13-5-6-19-11-13/h5-7,11,16H,4,8-10H2,1-3H3. The molecule has 0 aliphatic carbocycles. The normalized spacial score (nSPS) is 11.4. The molecule has 0 saturated carbocycles. The molecule has 2 aromatic heterocycles. The summed E-state index contributed by atoms with van der Waals surface area (Å²) in [5, 5.41) is 7.62. The monoisotopic (exact) mass is 278 g/mol. The average Bonchev–Trinajstić information content (AvgIpc) is 2.98. The SMILES string of the molecule is CCNCc1cc(CN(C)Cc2ccsc2)c(C)o1. The van der Waals surface area contributed by atoms with Gasteiger partial charge in [-0.3, -0.25) is 4.90 Å². The largest absolute Gasteiger partial charge is 0.465 e. The summed E-state index contributed by atoms with van der Waals surface area (Å²) in [6, 6.07) is 4.35. The molecule has 4 heteroatoms. The summed E-state index contributed by atoms with van der Waals surface area (Å²) >= 11 is 1.75. The van der Waals surface area contributed by atoms with Crippen LogP contribution >= 0.6 is 11.3 Å². The van der Waals surface area contributed by atoms with Crippen molar-refractivity contribution in [2.24, 2.45) is 0 Å². The highest BCUT2D eigenvalue weighted by atomic mass is 32.1. The summed E-state index contributed by atoms with van der Waals surface area (Å²) < 4.78 is 5.77. The van der Waals surface area contributed by atoms with Crippen LogP contribution in [0.3, 0.4) is 0 Å². The van der Waals surface area contributed by atoms with E-state index in [1.54, 1.807) is 11.3 Å². The van der Waals surface area contributed by atoms with Gasteiger partial charge in [-0.05, 0) is 49.0 Å². The molecule has 0 amide bonds. The summed E-state index contributed by atoms with van der Waals surface area (Å²) in [5.41, 5.74) is 2.66. The Kier molecular flexibility index (Phi) is 5.19. The van der Waals surface area contributed by atoms with Gasteiger partial charge in [-0.1, -0.05) is 6.92 Å². The zero-order chi connectivity index (χ0) is 13.7. The van der Waals surface area contributed by atoms with Crippen LogP contribution in [0, 0.1) is 6.92 Å². The molecule has 19 heavy (non-hydrogen) atoms. The molecule has 0 aromatic carbocycles. The number of rotatable bonds is 7. The second-order valence-electron chi connectivity index (χ2n) is 4.88. The highest BCUT2D eigenvalue weighted by Crippen LogP contribution is 2.17. The number of furan rings is 1. The second kappa shape index (κ2) is 6.89. The van der Waals surface area contributed by atoms with Crippen LogP contribution < -0.4 is 5.32 Å². The Labute approximate surface area is 119 Å². The molecular formula is C15H22N2OS. The van der Waals surface area contributed by atoms with Crippen molar-refractivity contribution in [1.82, 2.24) is 10.2 Å². The molecule has 0 radical (unpaired) electrons. The first kappa shape index (κ1) is 14.3. The Morgan fingerprint density at radius 2 is 2.21 bits per heavy atom. The highest BCUT2D eigenvalue weighted by Gasteiger charge is 2.10. The van der Waals surface area contributed by atoms with Crippen molar-refractivity contribution in [1.29, 1.82) is 0 Å². The van der Waals surface area contributed by atoms with Gasteiger partial charge in [0.2, 0.25) is 0 Å². The number of hydrogen-bond acceptors (Lipinski definition) is 4. The minimum atomic E-state index is 0.811. The van der Waals surface area contributed by atoms with Gasteiger partial charge in [-0.15, -0.1) is 0 Å².